The fraction of sp³-hybridized carbons (Fsp3) is 0.800. The maximum Gasteiger partial charge on any atom is 0.315 e. The predicted molar refractivity (Wildman–Crippen MR) is 57.5 cm³/mol. The van der Waals surface area contributed by atoms with Gasteiger partial charge in [-0.05, 0) is 20.8 Å². The predicted octanol–water partition coefficient (Wildman–Crippen LogP) is 0.315. The summed E-state index contributed by atoms with van der Waals surface area (Å²) in [6.45, 7) is 6.34. The molecule has 0 aliphatic carbocycles. The molecule has 1 fully saturated rings. The smallest absolute Gasteiger partial charge is 0.315 e. The first-order valence-electron chi connectivity index (χ1n) is 5.10. The van der Waals surface area contributed by atoms with Gasteiger partial charge in [0.1, 0.15) is 0 Å². The van der Waals surface area contributed by atoms with Crippen molar-refractivity contribution in [2.24, 2.45) is 0 Å². The summed E-state index contributed by atoms with van der Waals surface area (Å²) in [5.74, 6) is 0.0797. The van der Waals surface area contributed by atoms with Crippen LogP contribution in [-0.4, -0.2) is 42.0 Å². The first kappa shape index (κ1) is 11.8. The molecule has 5 heteroatoms. The van der Waals surface area contributed by atoms with Crippen LogP contribution < -0.4 is 10.6 Å². The van der Waals surface area contributed by atoms with Crippen LogP contribution in [0, 0.1) is 0 Å². The second-order valence-corrected chi connectivity index (χ2v) is 5.02. The van der Waals surface area contributed by atoms with E-state index in [2.05, 4.69) is 10.6 Å². The van der Waals surface area contributed by atoms with Crippen molar-refractivity contribution in [1.29, 1.82) is 0 Å². The summed E-state index contributed by atoms with van der Waals surface area (Å²) < 4.78 is 0. The maximum atomic E-state index is 11.5. The minimum absolute atomic E-state index is 0.0650. The van der Waals surface area contributed by atoms with Crippen molar-refractivity contribution in [3.63, 3.8) is 0 Å². The van der Waals surface area contributed by atoms with Gasteiger partial charge in [-0.15, -0.1) is 0 Å². The molecule has 0 bridgehead atoms. The zero-order valence-corrected chi connectivity index (χ0v) is 9.76. The number of nitrogens with one attached hydrogen (secondary N) is 2. The molecule has 0 aromatic heterocycles. The van der Waals surface area contributed by atoms with E-state index in [4.69, 9.17) is 0 Å². The molecule has 1 atom stereocenters. The highest BCUT2D eigenvalue weighted by atomic mass is 16.2. The highest BCUT2D eigenvalue weighted by Gasteiger charge is 2.28. The molecule has 0 aromatic carbocycles. The van der Waals surface area contributed by atoms with E-state index in [-0.39, 0.29) is 23.5 Å². The second-order valence-electron chi connectivity index (χ2n) is 5.02. The molecular weight excluding hydrogens is 194 g/mol. The Labute approximate surface area is 90.2 Å². The third kappa shape index (κ3) is 3.77. The number of hydrogen-bond donors (Lipinski definition) is 2. The molecule has 1 rings (SSSR count). The van der Waals surface area contributed by atoms with Gasteiger partial charge in [0.05, 0.1) is 6.04 Å². The summed E-state index contributed by atoms with van der Waals surface area (Å²) in [6, 6.07) is -0.277. The van der Waals surface area contributed by atoms with Crippen LogP contribution in [-0.2, 0) is 4.79 Å². The lowest BCUT2D eigenvalue weighted by Crippen LogP contribution is -2.50. The first-order valence-corrected chi connectivity index (χ1v) is 5.10. The molecule has 1 unspecified atom stereocenters. The van der Waals surface area contributed by atoms with Crippen LogP contribution in [0.1, 0.15) is 27.2 Å². The van der Waals surface area contributed by atoms with Crippen molar-refractivity contribution in [2.45, 2.75) is 38.8 Å². The summed E-state index contributed by atoms with van der Waals surface area (Å²) in [7, 11) is 1.74. The zero-order chi connectivity index (χ0) is 11.6. The summed E-state index contributed by atoms with van der Waals surface area (Å²) in [4.78, 5) is 24.3. The lowest BCUT2D eigenvalue weighted by molar-refractivity contribution is -0.126. The minimum atomic E-state index is -0.251. The summed E-state index contributed by atoms with van der Waals surface area (Å²) in [5, 5.41) is 5.58. The van der Waals surface area contributed by atoms with Crippen molar-refractivity contribution in [1.82, 2.24) is 15.5 Å². The lowest BCUT2D eigenvalue weighted by atomic mass is 10.1. The standard InChI is InChI=1S/C10H19N3O2/c1-10(2,3)12-9(15)11-7-5-8(14)13(4)6-7/h7H,5-6H2,1-4H3,(H2,11,12,15). The van der Waals surface area contributed by atoms with Gasteiger partial charge in [0, 0.05) is 25.6 Å². The second kappa shape index (κ2) is 4.08. The summed E-state index contributed by atoms with van der Waals surface area (Å²) in [5.41, 5.74) is -0.251. The number of carbonyl (C=O) groups is 2. The molecule has 1 aliphatic heterocycles. The van der Waals surface area contributed by atoms with Crippen LogP contribution in [0.25, 0.3) is 0 Å². The topological polar surface area (TPSA) is 61.4 Å². The van der Waals surface area contributed by atoms with Crippen LogP contribution in [0.2, 0.25) is 0 Å². The largest absolute Gasteiger partial charge is 0.344 e. The number of rotatable bonds is 1. The Morgan fingerprint density at radius 3 is 2.47 bits per heavy atom. The van der Waals surface area contributed by atoms with E-state index >= 15 is 0 Å². The van der Waals surface area contributed by atoms with E-state index in [1.54, 1.807) is 11.9 Å². The van der Waals surface area contributed by atoms with Crippen molar-refractivity contribution >= 4 is 11.9 Å². The van der Waals surface area contributed by atoms with Gasteiger partial charge in [0.15, 0.2) is 0 Å². The number of nitrogens with zero attached hydrogens (tertiary/aromatic N) is 1. The van der Waals surface area contributed by atoms with E-state index < -0.39 is 0 Å². The van der Waals surface area contributed by atoms with E-state index in [0.29, 0.717) is 13.0 Å². The summed E-state index contributed by atoms with van der Waals surface area (Å²) in [6.07, 6.45) is 0.397. The van der Waals surface area contributed by atoms with Crippen molar-refractivity contribution < 1.29 is 9.59 Å². The van der Waals surface area contributed by atoms with Crippen molar-refractivity contribution in [2.75, 3.05) is 13.6 Å². The van der Waals surface area contributed by atoms with Crippen molar-refractivity contribution in [3.05, 3.63) is 0 Å². The van der Waals surface area contributed by atoms with Gasteiger partial charge in [0.25, 0.3) is 0 Å². The average Bonchev–Trinajstić information content (AvgIpc) is 2.26. The highest BCUT2D eigenvalue weighted by molar-refractivity contribution is 5.81. The molecule has 1 aliphatic rings. The Bertz CT molecular complexity index is 270. The molecule has 0 aromatic rings. The molecule has 1 heterocycles. The Hall–Kier alpha value is -1.26. The van der Waals surface area contributed by atoms with Crippen molar-refractivity contribution in [3.8, 4) is 0 Å². The average molecular weight is 213 g/mol. The fourth-order valence-electron chi connectivity index (χ4n) is 1.52. The van der Waals surface area contributed by atoms with Crippen LogP contribution >= 0.6 is 0 Å². The van der Waals surface area contributed by atoms with Gasteiger partial charge < -0.3 is 15.5 Å². The monoisotopic (exact) mass is 213 g/mol. The molecule has 86 valence electrons. The molecule has 2 N–H and O–H groups in total. The fourth-order valence-corrected chi connectivity index (χ4v) is 1.52. The SMILES string of the molecule is CN1CC(NC(=O)NC(C)(C)C)CC1=O. The van der Waals surface area contributed by atoms with E-state index in [1.807, 2.05) is 20.8 Å². The summed E-state index contributed by atoms with van der Waals surface area (Å²) >= 11 is 0. The Morgan fingerprint density at radius 1 is 1.47 bits per heavy atom. The Kier molecular flexibility index (Phi) is 3.21. The Balaban J connectivity index is 2.37. The van der Waals surface area contributed by atoms with Gasteiger partial charge >= 0.3 is 6.03 Å². The first-order chi connectivity index (χ1) is 6.78. The molecular formula is C10H19N3O2. The van der Waals surface area contributed by atoms with Crippen LogP contribution in [0.15, 0.2) is 0 Å². The van der Waals surface area contributed by atoms with Gasteiger partial charge in [-0.25, -0.2) is 4.79 Å². The quantitative estimate of drug-likeness (QED) is 0.658. The number of likely N-dealkylation sites (tertiary alicyclic amines) is 1. The normalized spacial score (nSPS) is 21.7. The van der Waals surface area contributed by atoms with Gasteiger partial charge in [-0.3, -0.25) is 4.79 Å². The van der Waals surface area contributed by atoms with E-state index in [1.165, 1.54) is 0 Å². The third-order valence-corrected chi connectivity index (χ3v) is 2.16. The number of likely N-dealkylation sites (N-methyl/N-ethyl adjacent to an activating group) is 1. The molecule has 5 nitrogen and oxygen atoms in total. The number of amides is 3. The van der Waals surface area contributed by atoms with Crippen LogP contribution in [0.4, 0.5) is 4.79 Å². The molecule has 0 spiro atoms. The van der Waals surface area contributed by atoms with E-state index in [0.717, 1.165) is 0 Å². The molecule has 15 heavy (non-hydrogen) atoms. The molecule has 0 saturated carbocycles. The zero-order valence-electron chi connectivity index (χ0n) is 9.76. The van der Waals surface area contributed by atoms with Gasteiger partial charge in [0.2, 0.25) is 5.91 Å². The lowest BCUT2D eigenvalue weighted by Gasteiger charge is -2.22. The maximum absolute atomic E-state index is 11.5. The van der Waals surface area contributed by atoms with Gasteiger partial charge in [-0.1, -0.05) is 0 Å². The number of carbonyl (C=O) groups excluding carboxylic acids is 2. The van der Waals surface area contributed by atoms with Crippen LogP contribution in [0.5, 0.6) is 0 Å². The van der Waals surface area contributed by atoms with Crippen LogP contribution in [0.3, 0.4) is 0 Å². The van der Waals surface area contributed by atoms with E-state index in [9.17, 15) is 9.59 Å². The minimum Gasteiger partial charge on any atom is -0.344 e. The third-order valence-electron chi connectivity index (χ3n) is 2.16. The van der Waals surface area contributed by atoms with Gasteiger partial charge in [-0.2, -0.15) is 0 Å². The Morgan fingerprint density at radius 2 is 2.07 bits per heavy atom. The molecule has 3 amide bonds. The molecule has 0 radical (unpaired) electrons. The number of hydrogen-bond acceptors (Lipinski definition) is 2. The highest BCUT2D eigenvalue weighted by Crippen LogP contribution is 2.08. The molecule has 1 saturated heterocycles. The number of urea groups is 1.